The number of carbonyl (C=O) groups is 1. The third-order valence-corrected chi connectivity index (χ3v) is 3.20. The number of anilines is 2. The summed E-state index contributed by atoms with van der Waals surface area (Å²) >= 11 is 0. The van der Waals surface area contributed by atoms with E-state index in [1.54, 1.807) is 18.5 Å². The number of para-hydroxylation sites is 1. The molecular weight excluding hydrogens is 240 g/mol. The number of nitrogens with zero attached hydrogens (tertiary/aromatic N) is 3. The molecule has 0 atom stereocenters. The van der Waals surface area contributed by atoms with Crippen molar-refractivity contribution < 1.29 is 4.79 Å². The summed E-state index contributed by atoms with van der Waals surface area (Å²) < 4.78 is 0. The van der Waals surface area contributed by atoms with Crippen molar-refractivity contribution in [2.45, 2.75) is 6.42 Å². The van der Waals surface area contributed by atoms with E-state index in [1.165, 1.54) is 10.6 Å². The lowest BCUT2D eigenvalue weighted by atomic mass is 10.2. The molecule has 1 aliphatic rings. The average molecular weight is 254 g/mol. The molecule has 0 saturated carbocycles. The maximum Gasteiger partial charge on any atom is 0.338 e. The summed E-state index contributed by atoms with van der Waals surface area (Å²) in [5.41, 5.74) is 8.43. The summed E-state index contributed by atoms with van der Waals surface area (Å²) in [4.78, 5) is 15.8. The van der Waals surface area contributed by atoms with Gasteiger partial charge in [0.05, 0.1) is 17.6 Å². The van der Waals surface area contributed by atoms with Crippen molar-refractivity contribution in [2.75, 3.05) is 16.6 Å². The smallest absolute Gasteiger partial charge is 0.338 e. The van der Waals surface area contributed by atoms with Crippen molar-refractivity contribution in [3.8, 4) is 0 Å². The van der Waals surface area contributed by atoms with Crippen LogP contribution in [0.2, 0.25) is 0 Å². The van der Waals surface area contributed by atoms with Crippen molar-refractivity contribution in [1.82, 2.24) is 4.98 Å². The Morgan fingerprint density at radius 3 is 2.84 bits per heavy atom. The number of aromatic nitrogens is 1. The molecule has 1 aromatic heterocycles. The molecule has 2 heterocycles. The van der Waals surface area contributed by atoms with Gasteiger partial charge in [0.15, 0.2) is 0 Å². The Kier molecular flexibility index (Phi) is 2.79. The molecule has 5 heteroatoms. The highest BCUT2D eigenvalue weighted by molar-refractivity contribution is 5.93. The molecule has 0 aliphatic carbocycles. The molecule has 2 amide bonds. The lowest BCUT2D eigenvalue weighted by molar-refractivity contribution is 0.253. The van der Waals surface area contributed by atoms with Crippen molar-refractivity contribution in [2.24, 2.45) is 5.73 Å². The zero-order valence-electron chi connectivity index (χ0n) is 10.4. The Morgan fingerprint density at radius 2 is 2.11 bits per heavy atom. The van der Waals surface area contributed by atoms with E-state index in [2.05, 4.69) is 11.1 Å². The lowest BCUT2D eigenvalue weighted by Gasteiger charge is -2.32. The van der Waals surface area contributed by atoms with Crippen molar-refractivity contribution in [3.63, 3.8) is 0 Å². The lowest BCUT2D eigenvalue weighted by Crippen LogP contribution is -2.49. The van der Waals surface area contributed by atoms with Crippen LogP contribution in [0.3, 0.4) is 0 Å². The summed E-state index contributed by atoms with van der Waals surface area (Å²) in [6, 6.07) is 11.1. The monoisotopic (exact) mass is 254 g/mol. The van der Waals surface area contributed by atoms with E-state index in [-0.39, 0.29) is 0 Å². The predicted octanol–water partition coefficient (Wildman–Crippen LogP) is 1.94. The van der Waals surface area contributed by atoms with E-state index in [9.17, 15) is 4.79 Å². The number of fused-ring (bicyclic) bond motifs is 1. The van der Waals surface area contributed by atoms with Gasteiger partial charge in [-0.15, -0.1) is 0 Å². The van der Waals surface area contributed by atoms with E-state index < -0.39 is 6.03 Å². The zero-order valence-corrected chi connectivity index (χ0v) is 10.4. The highest BCUT2D eigenvalue weighted by atomic mass is 16.2. The van der Waals surface area contributed by atoms with Crippen LogP contribution in [0, 0.1) is 0 Å². The van der Waals surface area contributed by atoms with Gasteiger partial charge in [0.2, 0.25) is 0 Å². The van der Waals surface area contributed by atoms with Gasteiger partial charge in [-0.05, 0) is 30.2 Å². The maximum atomic E-state index is 11.8. The van der Waals surface area contributed by atoms with Gasteiger partial charge in [-0.25, -0.2) is 9.80 Å². The number of rotatable bonds is 2. The molecule has 5 nitrogen and oxygen atoms in total. The van der Waals surface area contributed by atoms with Gasteiger partial charge >= 0.3 is 6.03 Å². The number of pyridine rings is 1. The Bertz CT molecular complexity index is 599. The summed E-state index contributed by atoms with van der Waals surface area (Å²) in [5.74, 6) is 0. The first kappa shape index (κ1) is 11.5. The highest BCUT2D eigenvalue weighted by Crippen LogP contribution is 2.30. The molecule has 1 aliphatic heterocycles. The van der Waals surface area contributed by atoms with Crippen LogP contribution in [-0.2, 0) is 6.42 Å². The second-order valence-corrected chi connectivity index (χ2v) is 4.36. The number of carbonyl (C=O) groups excluding carboxylic acids is 1. The summed E-state index contributed by atoms with van der Waals surface area (Å²) in [5, 5.41) is 3.37. The van der Waals surface area contributed by atoms with Gasteiger partial charge in [-0.1, -0.05) is 18.2 Å². The maximum absolute atomic E-state index is 11.8. The first-order valence-electron chi connectivity index (χ1n) is 6.12. The molecule has 0 fully saturated rings. The summed E-state index contributed by atoms with van der Waals surface area (Å²) in [6.07, 6.45) is 4.20. The molecule has 2 N–H and O–H groups in total. The van der Waals surface area contributed by atoms with Crippen LogP contribution in [-0.4, -0.2) is 17.6 Å². The van der Waals surface area contributed by atoms with Crippen LogP contribution < -0.4 is 15.8 Å². The van der Waals surface area contributed by atoms with E-state index >= 15 is 0 Å². The van der Waals surface area contributed by atoms with Gasteiger partial charge in [-0.3, -0.25) is 9.99 Å². The van der Waals surface area contributed by atoms with Gasteiger partial charge in [-0.2, -0.15) is 0 Å². The van der Waals surface area contributed by atoms with E-state index in [0.717, 1.165) is 18.7 Å². The number of hydrogen-bond acceptors (Lipinski definition) is 3. The minimum absolute atomic E-state index is 0.510. The Balaban J connectivity index is 2.02. The van der Waals surface area contributed by atoms with Crippen molar-refractivity contribution in [1.29, 1.82) is 0 Å². The van der Waals surface area contributed by atoms with Gasteiger partial charge in [0.1, 0.15) is 0 Å². The highest BCUT2D eigenvalue weighted by Gasteiger charge is 2.27. The second kappa shape index (κ2) is 4.61. The van der Waals surface area contributed by atoms with Gasteiger partial charge in [0.25, 0.3) is 0 Å². The Hall–Kier alpha value is -2.56. The quantitative estimate of drug-likeness (QED) is 0.890. The number of hydrazine groups is 1. The van der Waals surface area contributed by atoms with E-state index in [1.807, 2.05) is 29.3 Å². The molecule has 0 saturated heterocycles. The van der Waals surface area contributed by atoms with Gasteiger partial charge in [0, 0.05) is 12.7 Å². The average Bonchev–Trinajstić information content (AvgIpc) is 2.84. The normalized spacial score (nSPS) is 13.2. The van der Waals surface area contributed by atoms with Crippen LogP contribution in [0.25, 0.3) is 0 Å². The third-order valence-electron chi connectivity index (χ3n) is 3.20. The number of nitrogens with two attached hydrogens (primary N) is 1. The molecule has 0 unspecified atom stereocenters. The van der Waals surface area contributed by atoms with Crippen LogP contribution in [0.1, 0.15) is 5.56 Å². The van der Waals surface area contributed by atoms with E-state index in [4.69, 9.17) is 5.73 Å². The number of amides is 2. The minimum Gasteiger partial charge on any atom is -0.350 e. The number of urea groups is 1. The Labute approximate surface area is 111 Å². The standard InChI is InChI=1S/C14H14N4O/c15-14(19)18(12-5-3-8-16-10-12)17-9-7-11-4-1-2-6-13(11)17/h1-6,8,10H,7,9H2,(H2,15,19). The van der Waals surface area contributed by atoms with Crippen LogP contribution in [0.15, 0.2) is 48.8 Å². The molecule has 2 aromatic rings. The number of hydrogen-bond donors (Lipinski definition) is 1. The Morgan fingerprint density at radius 1 is 1.26 bits per heavy atom. The fourth-order valence-corrected chi connectivity index (χ4v) is 2.39. The SMILES string of the molecule is NC(=O)N(c1cccnc1)N1CCc2ccccc21. The fourth-order valence-electron chi connectivity index (χ4n) is 2.39. The topological polar surface area (TPSA) is 62.5 Å². The van der Waals surface area contributed by atoms with Crippen LogP contribution in [0.5, 0.6) is 0 Å². The van der Waals surface area contributed by atoms with Crippen LogP contribution >= 0.6 is 0 Å². The molecular formula is C14H14N4O. The van der Waals surface area contributed by atoms with E-state index in [0.29, 0.717) is 5.69 Å². The summed E-state index contributed by atoms with van der Waals surface area (Å²) in [7, 11) is 0. The number of primary amides is 1. The van der Waals surface area contributed by atoms with Crippen LogP contribution in [0.4, 0.5) is 16.2 Å². The number of benzene rings is 1. The first-order chi connectivity index (χ1) is 9.27. The van der Waals surface area contributed by atoms with Crippen molar-refractivity contribution >= 4 is 17.4 Å². The molecule has 1 aromatic carbocycles. The molecule has 3 rings (SSSR count). The van der Waals surface area contributed by atoms with Crippen molar-refractivity contribution in [3.05, 3.63) is 54.4 Å². The minimum atomic E-state index is -0.510. The largest absolute Gasteiger partial charge is 0.350 e. The third kappa shape index (κ3) is 1.99. The molecule has 0 bridgehead atoms. The van der Waals surface area contributed by atoms with Gasteiger partial charge < -0.3 is 5.73 Å². The zero-order chi connectivity index (χ0) is 13.2. The molecule has 0 radical (unpaired) electrons. The summed E-state index contributed by atoms with van der Waals surface area (Å²) in [6.45, 7) is 0.733. The first-order valence-corrected chi connectivity index (χ1v) is 6.12. The predicted molar refractivity (Wildman–Crippen MR) is 73.8 cm³/mol. The fraction of sp³-hybridized carbons (Fsp3) is 0.143. The molecule has 96 valence electrons. The second-order valence-electron chi connectivity index (χ2n) is 4.36. The molecule has 0 spiro atoms. The molecule has 19 heavy (non-hydrogen) atoms.